The Hall–Kier alpha value is -3.62. The molecule has 0 atom stereocenters. The number of quaternary nitrogens is 2. The van der Waals surface area contributed by atoms with Gasteiger partial charge < -0.3 is 23.4 Å². The van der Waals surface area contributed by atoms with E-state index in [0.717, 1.165) is 28.6 Å². The van der Waals surface area contributed by atoms with Gasteiger partial charge in [0.05, 0.1) is 76.1 Å². The van der Waals surface area contributed by atoms with E-state index in [1.165, 1.54) is 12.2 Å². The van der Waals surface area contributed by atoms with E-state index in [0.29, 0.717) is 40.8 Å². The van der Waals surface area contributed by atoms with Gasteiger partial charge >= 0.3 is 0 Å². The molecule has 212 valence electrons. The molecule has 0 aliphatic heterocycles. The molecular weight excluding hydrogens is 496 g/mol. The minimum atomic E-state index is -0.288. The lowest BCUT2D eigenvalue weighted by molar-refractivity contribution is -0.886. The minimum Gasteiger partial charge on any atom is -0.493 e. The number of hydrogen-bond donors (Lipinski definition) is 0. The van der Waals surface area contributed by atoms with Crippen molar-refractivity contribution in [2.45, 2.75) is 12.8 Å². The van der Waals surface area contributed by atoms with Crippen molar-refractivity contribution in [2.75, 3.05) is 76.4 Å². The molecule has 0 aromatic heterocycles. The summed E-state index contributed by atoms with van der Waals surface area (Å²) >= 11 is 0. The molecule has 2 aromatic rings. The predicted molar refractivity (Wildman–Crippen MR) is 155 cm³/mol. The molecule has 0 spiro atoms. The molecule has 0 aliphatic rings. The Balaban J connectivity index is 1.92. The monoisotopic (exact) mass is 540 g/mol. The SMILES string of the molecule is COc1cc(/C=C/C(=O)CC(=O)/C=C/c2ccc(OC[N+](C)(C)C)c(OC)c2)ccc1OCCC[N+](C)(C)C. The smallest absolute Gasteiger partial charge is 0.223 e. The molecule has 2 aromatic carbocycles. The standard InChI is InChI=1S/C31H44N2O6/c1-32(2,3)18-9-19-38-28-16-12-24(20-30(28)36-7)10-14-26(34)22-27(35)15-11-25-13-17-29(31(21-25)37-8)39-23-33(4,5)6/h10-17,20-21H,9,18-19,22-23H2,1-8H3/q+2/b14-10+,15-11+. The summed E-state index contributed by atoms with van der Waals surface area (Å²) in [5, 5.41) is 0. The van der Waals surface area contributed by atoms with E-state index in [9.17, 15) is 9.59 Å². The van der Waals surface area contributed by atoms with Crippen molar-refractivity contribution in [1.82, 2.24) is 0 Å². The molecule has 0 radical (unpaired) electrons. The average Bonchev–Trinajstić information content (AvgIpc) is 2.86. The van der Waals surface area contributed by atoms with Gasteiger partial charge in [0.1, 0.15) is 0 Å². The van der Waals surface area contributed by atoms with Gasteiger partial charge in [0.2, 0.25) is 6.73 Å². The fourth-order valence-electron chi connectivity index (χ4n) is 3.47. The molecule has 0 aliphatic carbocycles. The summed E-state index contributed by atoms with van der Waals surface area (Å²) in [6.07, 6.45) is 6.85. The first-order valence-corrected chi connectivity index (χ1v) is 12.9. The summed E-state index contributed by atoms with van der Waals surface area (Å²) in [5.41, 5.74) is 1.55. The summed E-state index contributed by atoms with van der Waals surface area (Å²) in [6.45, 7) is 2.09. The molecule has 8 heteroatoms. The number of carbonyl (C=O) groups is 2. The largest absolute Gasteiger partial charge is 0.493 e. The van der Waals surface area contributed by atoms with Crippen LogP contribution in [-0.4, -0.2) is 96.9 Å². The molecule has 0 saturated heterocycles. The number of rotatable bonds is 16. The summed E-state index contributed by atoms with van der Waals surface area (Å²) in [6, 6.07) is 10.9. The van der Waals surface area contributed by atoms with Crippen molar-refractivity contribution in [3.8, 4) is 23.0 Å². The quantitative estimate of drug-likeness (QED) is 0.103. The lowest BCUT2D eigenvalue weighted by Gasteiger charge is -2.24. The van der Waals surface area contributed by atoms with Crippen LogP contribution >= 0.6 is 0 Å². The number of allylic oxidation sites excluding steroid dienone is 2. The van der Waals surface area contributed by atoms with E-state index in [2.05, 4.69) is 21.1 Å². The maximum atomic E-state index is 12.4. The Morgan fingerprint density at radius 2 is 1.18 bits per heavy atom. The van der Waals surface area contributed by atoms with Gasteiger partial charge in [-0.1, -0.05) is 24.3 Å². The number of hydrogen-bond acceptors (Lipinski definition) is 6. The number of ketones is 2. The van der Waals surface area contributed by atoms with E-state index < -0.39 is 0 Å². The second-order valence-corrected chi connectivity index (χ2v) is 11.4. The van der Waals surface area contributed by atoms with Gasteiger partial charge in [-0.3, -0.25) is 14.1 Å². The molecule has 2 rings (SSSR count). The highest BCUT2D eigenvalue weighted by Gasteiger charge is 2.12. The van der Waals surface area contributed by atoms with Crippen LogP contribution in [0.4, 0.5) is 0 Å². The minimum absolute atomic E-state index is 0.223. The number of ether oxygens (including phenoxy) is 4. The van der Waals surface area contributed by atoms with Crippen LogP contribution < -0.4 is 18.9 Å². The number of methoxy groups -OCH3 is 2. The normalized spacial score (nSPS) is 12.1. The van der Waals surface area contributed by atoms with Crippen molar-refractivity contribution in [3.05, 3.63) is 59.7 Å². The van der Waals surface area contributed by atoms with Crippen molar-refractivity contribution in [3.63, 3.8) is 0 Å². The summed E-state index contributed by atoms with van der Waals surface area (Å²) in [4.78, 5) is 24.7. The Morgan fingerprint density at radius 3 is 1.62 bits per heavy atom. The third kappa shape index (κ3) is 12.2. The van der Waals surface area contributed by atoms with Crippen LogP contribution in [0.15, 0.2) is 48.6 Å². The van der Waals surface area contributed by atoms with Crippen molar-refractivity contribution >= 4 is 23.7 Å². The first-order valence-electron chi connectivity index (χ1n) is 12.9. The molecule has 0 N–H and O–H groups in total. The molecule has 0 fully saturated rings. The van der Waals surface area contributed by atoms with Gasteiger partial charge in [-0.25, -0.2) is 0 Å². The van der Waals surface area contributed by atoms with Gasteiger partial charge in [0, 0.05) is 6.42 Å². The topological polar surface area (TPSA) is 71.1 Å². The van der Waals surface area contributed by atoms with Crippen LogP contribution in [-0.2, 0) is 9.59 Å². The van der Waals surface area contributed by atoms with E-state index in [1.807, 2.05) is 51.5 Å². The lowest BCUT2D eigenvalue weighted by atomic mass is 10.1. The Bertz CT molecular complexity index is 1170. The van der Waals surface area contributed by atoms with Crippen molar-refractivity contribution < 1.29 is 37.5 Å². The second kappa shape index (κ2) is 14.5. The van der Waals surface area contributed by atoms with Crippen molar-refractivity contribution in [2.24, 2.45) is 0 Å². The highest BCUT2D eigenvalue weighted by molar-refractivity contribution is 6.10. The molecule has 0 saturated carbocycles. The third-order valence-corrected chi connectivity index (χ3v) is 5.49. The first-order chi connectivity index (χ1) is 18.3. The van der Waals surface area contributed by atoms with Crippen molar-refractivity contribution in [1.29, 1.82) is 0 Å². The fraction of sp³-hybridized carbons (Fsp3) is 0.419. The number of nitrogens with zero attached hydrogens (tertiary/aromatic N) is 2. The molecule has 0 unspecified atom stereocenters. The lowest BCUT2D eigenvalue weighted by Crippen LogP contribution is -2.38. The molecule has 8 nitrogen and oxygen atoms in total. The average molecular weight is 541 g/mol. The second-order valence-electron chi connectivity index (χ2n) is 11.4. The Morgan fingerprint density at radius 1 is 0.692 bits per heavy atom. The maximum Gasteiger partial charge on any atom is 0.223 e. The fourth-order valence-corrected chi connectivity index (χ4v) is 3.47. The molecule has 0 amide bonds. The van der Waals surface area contributed by atoms with Crippen LogP contribution in [0.2, 0.25) is 0 Å². The van der Waals surface area contributed by atoms with Crippen LogP contribution in [0.5, 0.6) is 23.0 Å². The zero-order valence-electron chi connectivity index (χ0n) is 24.7. The maximum absolute atomic E-state index is 12.4. The molecule has 0 bridgehead atoms. The molecule has 39 heavy (non-hydrogen) atoms. The van der Waals surface area contributed by atoms with E-state index in [-0.39, 0.29) is 18.0 Å². The van der Waals surface area contributed by atoms with Gasteiger partial charge in [0.15, 0.2) is 34.6 Å². The summed E-state index contributed by atoms with van der Waals surface area (Å²) in [5.74, 6) is 1.89. The van der Waals surface area contributed by atoms with Crippen LogP contribution in [0.3, 0.4) is 0 Å². The summed E-state index contributed by atoms with van der Waals surface area (Å²) < 4.78 is 24.1. The number of carbonyl (C=O) groups excluding carboxylic acids is 2. The zero-order chi connectivity index (χ0) is 29.1. The highest BCUT2D eigenvalue weighted by atomic mass is 16.5. The van der Waals surface area contributed by atoms with Gasteiger partial charge in [0.25, 0.3) is 0 Å². The highest BCUT2D eigenvalue weighted by Crippen LogP contribution is 2.30. The van der Waals surface area contributed by atoms with Gasteiger partial charge in [-0.2, -0.15) is 0 Å². The van der Waals surface area contributed by atoms with Crippen LogP contribution in [0, 0.1) is 0 Å². The Labute approximate surface area is 233 Å². The van der Waals surface area contributed by atoms with Crippen LogP contribution in [0.1, 0.15) is 24.0 Å². The van der Waals surface area contributed by atoms with Gasteiger partial charge in [-0.05, 0) is 47.5 Å². The predicted octanol–water partition coefficient (Wildman–Crippen LogP) is 4.48. The number of benzene rings is 2. The van der Waals surface area contributed by atoms with Crippen LogP contribution in [0.25, 0.3) is 12.2 Å². The van der Waals surface area contributed by atoms with E-state index >= 15 is 0 Å². The summed E-state index contributed by atoms with van der Waals surface area (Å²) in [7, 11) is 15.7. The molecular formula is C31H44N2O6+2. The third-order valence-electron chi connectivity index (χ3n) is 5.49. The Kier molecular flexibility index (Phi) is 11.8. The first kappa shape index (κ1) is 31.6. The van der Waals surface area contributed by atoms with E-state index in [1.54, 1.807) is 32.4 Å². The van der Waals surface area contributed by atoms with E-state index in [4.69, 9.17) is 18.9 Å². The van der Waals surface area contributed by atoms with Gasteiger partial charge in [-0.15, -0.1) is 0 Å². The molecule has 0 heterocycles. The zero-order valence-corrected chi connectivity index (χ0v) is 24.7.